The smallest absolute Gasteiger partial charge is 0.338 e. The van der Waals surface area contributed by atoms with Gasteiger partial charge in [0.05, 0.1) is 34.1 Å². The van der Waals surface area contributed by atoms with Crippen LogP contribution in [0.2, 0.25) is 0 Å². The number of rotatable bonds is 6. The number of carbonyl (C=O) groups is 1. The first-order valence-electron chi connectivity index (χ1n) is 11.2. The number of benzene rings is 1. The number of nitrogens with zero attached hydrogens (tertiary/aromatic N) is 4. The monoisotopic (exact) mass is 464 g/mol. The third-order valence-corrected chi connectivity index (χ3v) is 6.75. The first-order valence-corrected chi connectivity index (χ1v) is 12.0. The topological polar surface area (TPSA) is 78.5 Å². The summed E-state index contributed by atoms with van der Waals surface area (Å²) in [6, 6.07) is 9.35. The highest BCUT2D eigenvalue weighted by Gasteiger charge is 2.33. The van der Waals surface area contributed by atoms with Crippen LogP contribution in [0.4, 0.5) is 0 Å². The third kappa shape index (κ3) is 4.23. The van der Waals surface area contributed by atoms with Gasteiger partial charge >= 0.3 is 5.97 Å². The van der Waals surface area contributed by atoms with Gasteiger partial charge in [-0.3, -0.25) is 14.0 Å². The summed E-state index contributed by atoms with van der Waals surface area (Å²) < 4.78 is 9.35. The van der Waals surface area contributed by atoms with Crippen LogP contribution < -0.4 is 14.9 Å². The SMILES string of the molecule is CCOC(=O)C1=C(C)N=c2sc(=Cc3ccnn3CC)c(=O)n2C1c1ccc(C(C)C)cc1. The highest BCUT2D eigenvalue weighted by molar-refractivity contribution is 7.07. The van der Waals surface area contributed by atoms with E-state index in [4.69, 9.17) is 4.74 Å². The maximum Gasteiger partial charge on any atom is 0.338 e. The van der Waals surface area contributed by atoms with Gasteiger partial charge in [0, 0.05) is 12.7 Å². The quantitative estimate of drug-likeness (QED) is 0.525. The molecule has 3 aromatic rings. The number of hydrogen-bond donors (Lipinski definition) is 0. The molecule has 172 valence electrons. The van der Waals surface area contributed by atoms with Gasteiger partial charge in [-0.25, -0.2) is 9.79 Å². The van der Waals surface area contributed by atoms with Gasteiger partial charge in [-0.2, -0.15) is 5.10 Å². The molecule has 4 rings (SSSR count). The molecule has 1 aliphatic heterocycles. The summed E-state index contributed by atoms with van der Waals surface area (Å²) >= 11 is 1.32. The fraction of sp³-hybridized carbons (Fsp3) is 0.360. The molecule has 3 heterocycles. The average molecular weight is 465 g/mol. The molecule has 1 aliphatic rings. The maximum absolute atomic E-state index is 13.6. The molecule has 7 nitrogen and oxygen atoms in total. The van der Waals surface area contributed by atoms with E-state index in [9.17, 15) is 9.59 Å². The zero-order valence-corrected chi connectivity index (χ0v) is 20.3. The van der Waals surface area contributed by atoms with E-state index in [2.05, 4.69) is 23.9 Å². The van der Waals surface area contributed by atoms with E-state index in [1.165, 1.54) is 16.9 Å². The van der Waals surface area contributed by atoms with Gasteiger partial charge < -0.3 is 4.74 Å². The van der Waals surface area contributed by atoms with Crippen LogP contribution in [0.25, 0.3) is 6.08 Å². The molecule has 0 aliphatic carbocycles. The molecule has 1 atom stereocenters. The number of allylic oxidation sites excluding steroid dienone is 1. The standard InChI is InChI=1S/C25H28N4O3S/c1-6-28-19(12-13-26-28)14-20-23(30)29-22(18-10-8-17(9-11-18)15(3)4)21(24(31)32-7-2)16(5)27-25(29)33-20/h8-15,22H,6-7H2,1-5H3. The summed E-state index contributed by atoms with van der Waals surface area (Å²) in [5, 5.41) is 4.28. The Hall–Kier alpha value is -3.26. The molecule has 33 heavy (non-hydrogen) atoms. The predicted octanol–water partition coefficient (Wildman–Crippen LogP) is 3.14. The Labute approximate surface area is 196 Å². The molecular formula is C25H28N4O3S. The summed E-state index contributed by atoms with van der Waals surface area (Å²) in [7, 11) is 0. The summed E-state index contributed by atoms with van der Waals surface area (Å²) in [6.07, 6.45) is 3.55. The number of carbonyl (C=O) groups excluding carboxylic acids is 1. The summed E-state index contributed by atoms with van der Waals surface area (Å²) in [6.45, 7) is 10.8. The minimum absolute atomic E-state index is 0.185. The Morgan fingerprint density at radius 1 is 1.21 bits per heavy atom. The lowest BCUT2D eigenvalue weighted by Crippen LogP contribution is -2.40. The fourth-order valence-corrected chi connectivity index (χ4v) is 5.07. The van der Waals surface area contributed by atoms with Crippen LogP contribution in [0, 0.1) is 0 Å². The first-order chi connectivity index (χ1) is 15.8. The van der Waals surface area contributed by atoms with Crippen LogP contribution in [-0.2, 0) is 16.1 Å². The van der Waals surface area contributed by atoms with Crippen molar-refractivity contribution in [2.24, 2.45) is 4.99 Å². The second-order valence-corrected chi connectivity index (χ2v) is 9.20. The van der Waals surface area contributed by atoms with E-state index >= 15 is 0 Å². The van der Waals surface area contributed by atoms with Crippen molar-refractivity contribution in [3.05, 3.63) is 84.3 Å². The molecule has 0 bridgehead atoms. The van der Waals surface area contributed by atoms with E-state index < -0.39 is 12.0 Å². The summed E-state index contributed by atoms with van der Waals surface area (Å²) in [5.74, 6) is -0.0683. The van der Waals surface area contributed by atoms with Crippen molar-refractivity contribution in [1.29, 1.82) is 0 Å². The second kappa shape index (κ2) is 9.31. The molecule has 0 radical (unpaired) electrons. The van der Waals surface area contributed by atoms with Crippen LogP contribution in [-0.4, -0.2) is 26.9 Å². The molecule has 1 aromatic carbocycles. The number of ether oxygens (including phenoxy) is 1. The lowest BCUT2D eigenvalue weighted by Gasteiger charge is -2.25. The van der Waals surface area contributed by atoms with Gasteiger partial charge in [0.2, 0.25) is 0 Å². The fourth-order valence-electron chi connectivity index (χ4n) is 4.03. The highest BCUT2D eigenvalue weighted by Crippen LogP contribution is 2.31. The molecule has 0 N–H and O–H groups in total. The van der Waals surface area contributed by atoms with Crippen LogP contribution in [0.15, 0.2) is 57.6 Å². The number of thiazole rings is 1. The Kier molecular flexibility index (Phi) is 6.47. The average Bonchev–Trinajstić information content (AvgIpc) is 3.37. The van der Waals surface area contributed by atoms with Gasteiger partial charge in [0.15, 0.2) is 4.80 Å². The molecule has 0 saturated heterocycles. The van der Waals surface area contributed by atoms with E-state index in [0.717, 1.165) is 11.3 Å². The number of hydrogen-bond acceptors (Lipinski definition) is 6. The normalized spacial score (nSPS) is 16.2. The molecule has 0 saturated carbocycles. The van der Waals surface area contributed by atoms with Crippen molar-refractivity contribution in [3.63, 3.8) is 0 Å². The molecule has 1 unspecified atom stereocenters. The van der Waals surface area contributed by atoms with Crippen molar-refractivity contribution < 1.29 is 9.53 Å². The molecule has 0 fully saturated rings. The minimum atomic E-state index is -0.597. The van der Waals surface area contributed by atoms with Crippen LogP contribution >= 0.6 is 11.3 Å². The lowest BCUT2D eigenvalue weighted by atomic mass is 9.93. The molecule has 8 heteroatoms. The van der Waals surface area contributed by atoms with Crippen molar-refractivity contribution in [3.8, 4) is 0 Å². The molecule has 2 aromatic heterocycles. The van der Waals surface area contributed by atoms with Crippen molar-refractivity contribution in [2.45, 2.75) is 53.1 Å². The first kappa shape index (κ1) is 22.9. The lowest BCUT2D eigenvalue weighted by molar-refractivity contribution is -0.139. The van der Waals surface area contributed by atoms with Gasteiger partial charge in [-0.05, 0) is 50.0 Å². The molecule has 0 spiro atoms. The largest absolute Gasteiger partial charge is 0.463 e. The van der Waals surface area contributed by atoms with Crippen LogP contribution in [0.5, 0.6) is 0 Å². The van der Waals surface area contributed by atoms with E-state index in [1.807, 2.05) is 48.0 Å². The second-order valence-electron chi connectivity index (χ2n) is 8.20. The summed E-state index contributed by atoms with van der Waals surface area (Å²) in [5.41, 5.74) is 3.67. The van der Waals surface area contributed by atoms with Crippen molar-refractivity contribution in [2.75, 3.05) is 6.61 Å². The van der Waals surface area contributed by atoms with E-state index in [-0.39, 0.29) is 12.2 Å². The van der Waals surface area contributed by atoms with Crippen molar-refractivity contribution in [1.82, 2.24) is 14.3 Å². The predicted molar refractivity (Wildman–Crippen MR) is 129 cm³/mol. The van der Waals surface area contributed by atoms with Gasteiger partial charge in [-0.1, -0.05) is 49.4 Å². The van der Waals surface area contributed by atoms with Crippen molar-refractivity contribution >= 4 is 23.4 Å². The van der Waals surface area contributed by atoms with Crippen LogP contribution in [0.3, 0.4) is 0 Å². The van der Waals surface area contributed by atoms with E-state index in [0.29, 0.717) is 33.1 Å². The Morgan fingerprint density at radius 3 is 2.58 bits per heavy atom. The molecule has 0 amide bonds. The Bertz CT molecular complexity index is 1390. The molecular weight excluding hydrogens is 436 g/mol. The number of aromatic nitrogens is 3. The number of esters is 1. The summed E-state index contributed by atoms with van der Waals surface area (Å²) in [4.78, 5) is 31.8. The Balaban J connectivity index is 1.94. The zero-order valence-electron chi connectivity index (χ0n) is 19.5. The number of aryl methyl sites for hydroxylation is 1. The minimum Gasteiger partial charge on any atom is -0.463 e. The third-order valence-electron chi connectivity index (χ3n) is 5.76. The van der Waals surface area contributed by atoms with E-state index in [1.54, 1.807) is 24.6 Å². The number of fused-ring (bicyclic) bond motifs is 1. The highest BCUT2D eigenvalue weighted by atomic mass is 32.1. The Morgan fingerprint density at radius 2 is 1.94 bits per heavy atom. The van der Waals surface area contributed by atoms with Gasteiger partial charge in [-0.15, -0.1) is 0 Å². The van der Waals surface area contributed by atoms with Gasteiger partial charge in [0.1, 0.15) is 0 Å². The van der Waals surface area contributed by atoms with Crippen LogP contribution in [0.1, 0.15) is 63.4 Å². The maximum atomic E-state index is 13.6. The van der Waals surface area contributed by atoms with Gasteiger partial charge in [0.25, 0.3) is 5.56 Å². The zero-order chi connectivity index (χ0) is 23.7.